The molecule has 4 nitrogen and oxygen atoms in total. The summed E-state index contributed by atoms with van der Waals surface area (Å²) in [5, 5.41) is 2.96. The fourth-order valence-corrected chi connectivity index (χ4v) is 2.59. The van der Waals surface area contributed by atoms with E-state index in [-0.39, 0.29) is 18.1 Å². The Bertz CT molecular complexity index is 428. The molecule has 0 radical (unpaired) electrons. The van der Waals surface area contributed by atoms with E-state index < -0.39 is 0 Å². The number of carbonyl (C=O) groups is 1. The Kier molecular flexibility index (Phi) is 4.43. The van der Waals surface area contributed by atoms with Gasteiger partial charge < -0.3 is 16.0 Å². The molecule has 1 fully saturated rings. The lowest BCUT2D eigenvalue weighted by Gasteiger charge is -2.37. The molecule has 1 aliphatic rings. The Hall–Kier alpha value is -1.55. The molecule has 2 rings (SSSR count). The van der Waals surface area contributed by atoms with E-state index in [2.05, 4.69) is 5.32 Å². The molecule has 1 aliphatic heterocycles. The van der Waals surface area contributed by atoms with Crippen molar-refractivity contribution in [2.45, 2.75) is 45.2 Å². The van der Waals surface area contributed by atoms with E-state index >= 15 is 0 Å². The van der Waals surface area contributed by atoms with Gasteiger partial charge in [-0.2, -0.15) is 0 Å². The Morgan fingerprint density at radius 1 is 1.37 bits per heavy atom. The van der Waals surface area contributed by atoms with Crippen LogP contribution in [0.4, 0.5) is 10.5 Å². The predicted molar refractivity (Wildman–Crippen MR) is 78.2 cm³/mol. The smallest absolute Gasteiger partial charge is 0.322 e. The van der Waals surface area contributed by atoms with Crippen LogP contribution in [-0.2, 0) is 0 Å². The summed E-state index contributed by atoms with van der Waals surface area (Å²) in [6.45, 7) is 4.80. The van der Waals surface area contributed by atoms with Gasteiger partial charge in [0.2, 0.25) is 0 Å². The van der Waals surface area contributed by atoms with Crippen LogP contribution in [-0.4, -0.2) is 29.6 Å². The zero-order valence-corrected chi connectivity index (χ0v) is 11.7. The van der Waals surface area contributed by atoms with Gasteiger partial charge in [-0.15, -0.1) is 0 Å². The topological polar surface area (TPSA) is 58.4 Å². The number of amides is 2. The van der Waals surface area contributed by atoms with Crippen molar-refractivity contribution in [2.75, 3.05) is 11.9 Å². The zero-order valence-electron chi connectivity index (χ0n) is 11.7. The largest absolute Gasteiger partial charge is 0.326 e. The Labute approximate surface area is 115 Å². The minimum Gasteiger partial charge on any atom is -0.326 e. The highest BCUT2D eigenvalue weighted by Gasteiger charge is 2.29. The van der Waals surface area contributed by atoms with Gasteiger partial charge in [-0.3, -0.25) is 0 Å². The first kappa shape index (κ1) is 13.9. The van der Waals surface area contributed by atoms with Gasteiger partial charge in [-0.25, -0.2) is 4.79 Å². The van der Waals surface area contributed by atoms with E-state index in [0.29, 0.717) is 0 Å². The van der Waals surface area contributed by atoms with E-state index in [9.17, 15) is 4.79 Å². The van der Waals surface area contributed by atoms with Crippen molar-refractivity contribution in [1.82, 2.24) is 4.90 Å². The van der Waals surface area contributed by atoms with Gasteiger partial charge in [0.05, 0.1) is 0 Å². The molecule has 1 saturated heterocycles. The average molecular weight is 261 g/mol. The molecule has 2 unspecified atom stereocenters. The number of nitrogens with one attached hydrogen (secondary N) is 1. The summed E-state index contributed by atoms with van der Waals surface area (Å²) in [5.41, 5.74) is 8.01. The zero-order chi connectivity index (χ0) is 13.8. The fourth-order valence-electron chi connectivity index (χ4n) is 2.59. The van der Waals surface area contributed by atoms with Crippen LogP contribution < -0.4 is 11.1 Å². The molecule has 0 spiro atoms. The van der Waals surface area contributed by atoms with Crippen LogP contribution in [0, 0.1) is 6.92 Å². The second-order valence-corrected chi connectivity index (χ2v) is 5.41. The third kappa shape index (κ3) is 3.47. The van der Waals surface area contributed by atoms with Crippen LogP contribution in [0.5, 0.6) is 0 Å². The van der Waals surface area contributed by atoms with Crippen molar-refractivity contribution in [1.29, 1.82) is 0 Å². The van der Waals surface area contributed by atoms with Crippen LogP contribution in [0.2, 0.25) is 0 Å². The number of carbonyl (C=O) groups excluding carboxylic acids is 1. The third-order valence-corrected chi connectivity index (χ3v) is 3.72. The van der Waals surface area contributed by atoms with E-state index in [1.165, 1.54) is 5.56 Å². The second kappa shape index (κ2) is 6.06. The summed E-state index contributed by atoms with van der Waals surface area (Å²) in [6.07, 6.45) is 3.21. The number of hydrogen-bond donors (Lipinski definition) is 2. The SMILES string of the molecule is Cc1ccc(NC(=O)N2CCCCC2C(C)N)cc1. The van der Waals surface area contributed by atoms with Gasteiger partial charge >= 0.3 is 6.03 Å². The highest BCUT2D eigenvalue weighted by molar-refractivity contribution is 5.89. The van der Waals surface area contributed by atoms with Crippen LogP contribution >= 0.6 is 0 Å². The van der Waals surface area contributed by atoms with Crippen LogP contribution in [0.3, 0.4) is 0 Å². The minimum absolute atomic E-state index is 0.0177. The van der Waals surface area contributed by atoms with E-state index in [4.69, 9.17) is 5.73 Å². The van der Waals surface area contributed by atoms with E-state index in [1.807, 2.05) is 43.0 Å². The molecule has 1 aromatic carbocycles. The lowest BCUT2D eigenvalue weighted by atomic mass is 9.97. The molecule has 104 valence electrons. The van der Waals surface area contributed by atoms with Gasteiger partial charge in [-0.1, -0.05) is 17.7 Å². The Balaban J connectivity index is 2.03. The van der Waals surface area contributed by atoms with Crippen LogP contribution in [0.1, 0.15) is 31.7 Å². The van der Waals surface area contributed by atoms with Crippen LogP contribution in [0.25, 0.3) is 0 Å². The van der Waals surface area contributed by atoms with E-state index in [1.54, 1.807) is 0 Å². The number of aryl methyl sites for hydroxylation is 1. The fraction of sp³-hybridized carbons (Fsp3) is 0.533. The first-order chi connectivity index (χ1) is 9.08. The number of nitrogens with two attached hydrogens (primary N) is 1. The van der Waals surface area contributed by atoms with E-state index in [0.717, 1.165) is 31.5 Å². The summed E-state index contributed by atoms with van der Waals surface area (Å²) < 4.78 is 0. The van der Waals surface area contributed by atoms with Crippen molar-refractivity contribution in [3.8, 4) is 0 Å². The maximum absolute atomic E-state index is 12.3. The maximum Gasteiger partial charge on any atom is 0.322 e. The number of hydrogen-bond acceptors (Lipinski definition) is 2. The molecule has 0 saturated carbocycles. The summed E-state index contributed by atoms with van der Waals surface area (Å²) in [7, 11) is 0. The van der Waals surface area contributed by atoms with Crippen molar-refractivity contribution in [2.24, 2.45) is 5.73 Å². The molecule has 0 aliphatic carbocycles. The monoisotopic (exact) mass is 261 g/mol. The number of urea groups is 1. The van der Waals surface area contributed by atoms with Crippen molar-refractivity contribution in [3.63, 3.8) is 0 Å². The molecule has 3 N–H and O–H groups in total. The van der Waals surface area contributed by atoms with Crippen molar-refractivity contribution < 1.29 is 4.79 Å². The van der Waals surface area contributed by atoms with Crippen molar-refractivity contribution >= 4 is 11.7 Å². The molecule has 4 heteroatoms. The number of rotatable bonds is 2. The molecular formula is C15H23N3O. The Morgan fingerprint density at radius 3 is 2.68 bits per heavy atom. The molecular weight excluding hydrogens is 238 g/mol. The summed E-state index contributed by atoms with van der Waals surface area (Å²) in [5.74, 6) is 0. The molecule has 19 heavy (non-hydrogen) atoms. The van der Waals surface area contributed by atoms with Gasteiger partial charge in [0, 0.05) is 24.3 Å². The van der Waals surface area contributed by atoms with Gasteiger partial charge in [0.25, 0.3) is 0 Å². The number of benzene rings is 1. The minimum atomic E-state index is -0.0362. The summed E-state index contributed by atoms with van der Waals surface area (Å²) in [6, 6.07) is 7.98. The molecule has 1 aromatic rings. The predicted octanol–water partition coefficient (Wildman–Crippen LogP) is 2.73. The second-order valence-electron chi connectivity index (χ2n) is 5.41. The number of anilines is 1. The quantitative estimate of drug-likeness (QED) is 0.860. The number of piperidine rings is 1. The highest BCUT2D eigenvalue weighted by Crippen LogP contribution is 2.20. The van der Waals surface area contributed by atoms with Crippen molar-refractivity contribution in [3.05, 3.63) is 29.8 Å². The van der Waals surface area contributed by atoms with Gasteiger partial charge in [-0.05, 0) is 45.2 Å². The van der Waals surface area contributed by atoms with Gasteiger partial charge in [0.15, 0.2) is 0 Å². The first-order valence-corrected chi connectivity index (χ1v) is 6.98. The standard InChI is InChI=1S/C15H23N3O/c1-11-6-8-13(9-7-11)17-15(19)18-10-4-3-5-14(18)12(2)16/h6-9,12,14H,3-5,10,16H2,1-2H3,(H,17,19). The lowest BCUT2D eigenvalue weighted by molar-refractivity contribution is 0.151. The molecule has 2 atom stereocenters. The third-order valence-electron chi connectivity index (χ3n) is 3.72. The van der Waals surface area contributed by atoms with Crippen LogP contribution in [0.15, 0.2) is 24.3 Å². The highest BCUT2D eigenvalue weighted by atomic mass is 16.2. The number of nitrogens with zero attached hydrogens (tertiary/aromatic N) is 1. The maximum atomic E-state index is 12.3. The molecule has 2 amide bonds. The normalized spacial score (nSPS) is 21.0. The summed E-state index contributed by atoms with van der Waals surface area (Å²) in [4.78, 5) is 14.2. The average Bonchev–Trinajstić information content (AvgIpc) is 2.41. The first-order valence-electron chi connectivity index (χ1n) is 6.98. The molecule has 0 bridgehead atoms. The molecule has 0 aromatic heterocycles. The Morgan fingerprint density at radius 2 is 2.05 bits per heavy atom. The number of likely N-dealkylation sites (tertiary alicyclic amines) is 1. The summed E-state index contributed by atoms with van der Waals surface area (Å²) >= 11 is 0. The lowest BCUT2D eigenvalue weighted by Crippen LogP contribution is -2.53. The van der Waals surface area contributed by atoms with Gasteiger partial charge in [0.1, 0.15) is 0 Å². The molecule has 1 heterocycles.